The summed E-state index contributed by atoms with van der Waals surface area (Å²) in [4.78, 5) is 31.0. The van der Waals surface area contributed by atoms with Gasteiger partial charge in [-0.15, -0.1) is 0 Å². The van der Waals surface area contributed by atoms with Crippen molar-refractivity contribution in [1.29, 1.82) is 0 Å². The second-order valence-corrected chi connectivity index (χ2v) is 8.39. The Balaban J connectivity index is 1.58. The normalized spacial score (nSPS) is 26.7. The molecule has 1 aliphatic rings. The second-order valence-electron chi connectivity index (χ2n) is 6.94. The van der Waals surface area contributed by atoms with E-state index in [1.165, 1.54) is 17.2 Å². The first-order chi connectivity index (χ1) is 14.6. The van der Waals surface area contributed by atoms with E-state index in [9.17, 15) is 24.5 Å². The Kier molecular flexibility index (Phi) is 7.18. The summed E-state index contributed by atoms with van der Waals surface area (Å²) >= 11 is 0. The van der Waals surface area contributed by atoms with E-state index >= 15 is 0 Å². The molecule has 0 bridgehead atoms. The van der Waals surface area contributed by atoms with Crippen LogP contribution in [-0.2, 0) is 23.1 Å². The molecular formula is C15H24N6O9P+. The fraction of sp³-hybridized carbons (Fsp3) is 0.600. The summed E-state index contributed by atoms with van der Waals surface area (Å²) in [5, 5.41) is 29.2. The number of carboxylic acids is 1. The van der Waals surface area contributed by atoms with Gasteiger partial charge in [0, 0.05) is 12.5 Å². The average Bonchev–Trinajstić information content (AvgIpc) is 3.26. The van der Waals surface area contributed by atoms with Crippen molar-refractivity contribution in [3.63, 3.8) is 0 Å². The molecule has 0 amide bonds. The van der Waals surface area contributed by atoms with Gasteiger partial charge in [0.2, 0.25) is 11.7 Å². The highest BCUT2D eigenvalue weighted by molar-refractivity contribution is 7.47. The molecule has 1 unspecified atom stereocenters. The molecule has 2 aromatic rings. The number of phosphoric acid groups is 1. The number of nitrogens with two attached hydrogens (primary N) is 2. The quantitative estimate of drug-likeness (QED) is 0.146. The van der Waals surface area contributed by atoms with E-state index < -0.39 is 57.6 Å². The number of nitrogen functional groups attached to an aromatic ring is 1. The van der Waals surface area contributed by atoms with E-state index in [1.807, 2.05) is 0 Å². The Labute approximate surface area is 175 Å². The summed E-state index contributed by atoms with van der Waals surface area (Å²) < 4.78 is 28.6. The smallest absolute Gasteiger partial charge is 0.472 e. The van der Waals surface area contributed by atoms with Gasteiger partial charge in [0.25, 0.3) is 0 Å². The third kappa shape index (κ3) is 5.53. The van der Waals surface area contributed by atoms with Gasteiger partial charge < -0.3 is 36.4 Å². The number of aliphatic hydroxyl groups is 2. The molecule has 1 saturated heterocycles. The maximum atomic E-state index is 12.0. The second kappa shape index (κ2) is 9.50. The number of fused-ring (bicyclic) bond motifs is 1. The van der Waals surface area contributed by atoms with E-state index in [0.29, 0.717) is 11.2 Å². The molecule has 3 rings (SSSR count). The van der Waals surface area contributed by atoms with Crippen LogP contribution in [0.4, 0.5) is 5.82 Å². The number of carbonyl (C=O) groups is 1. The van der Waals surface area contributed by atoms with E-state index in [4.69, 9.17) is 30.4 Å². The van der Waals surface area contributed by atoms with Crippen LogP contribution in [0, 0.1) is 0 Å². The van der Waals surface area contributed by atoms with Crippen LogP contribution in [-0.4, -0.2) is 78.7 Å². The first-order valence-electron chi connectivity index (χ1n) is 9.18. The highest BCUT2D eigenvalue weighted by atomic mass is 31.2. The highest BCUT2D eigenvalue weighted by Gasteiger charge is 2.47. The topological polar surface area (TPSA) is 240 Å². The highest BCUT2D eigenvalue weighted by Crippen LogP contribution is 2.44. The maximum absolute atomic E-state index is 12.0. The van der Waals surface area contributed by atoms with Gasteiger partial charge in [-0.2, -0.15) is 4.98 Å². The predicted molar refractivity (Wildman–Crippen MR) is 101 cm³/mol. The van der Waals surface area contributed by atoms with Gasteiger partial charge in [-0.1, -0.05) is 4.98 Å². The molecule has 16 heteroatoms. The van der Waals surface area contributed by atoms with Gasteiger partial charge in [0.15, 0.2) is 18.5 Å². The van der Waals surface area contributed by atoms with Crippen LogP contribution in [0.3, 0.4) is 0 Å². The standard InChI is InChI=1S/C15H23N6O9P/c16-7(1-2-9(22)23)3-28-31(26,27)29-4-8-11(24)12(25)15(30-8)21-6-20-10-13(17)18-5-19-14(10)21/h5-8,11-12,15,24-25H,1-4,16H2,(H4,17,18,19,22,23,26,27)/p+1/t7-,8+,11+,12+,15+/m0/s1. The molecule has 0 spiro atoms. The number of aliphatic hydroxyl groups excluding tert-OH is 2. The lowest BCUT2D eigenvalue weighted by atomic mass is 10.1. The summed E-state index contributed by atoms with van der Waals surface area (Å²) in [6.07, 6.45) is -2.62. The number of anilines is 1. The Hall–Kier alpha value is -2.23. The molecule has 2 aromatic heterocycles. The first-order valence-corrected chi connectivity index (χ1v) is 10.7. The molecule has 31 heavy (non-hydrogen) atoms. The van der Waals surface area contributed by atoms with Crippen molar-refractivity contribution in [3.05, 3.63) is 12.7 Å². The largest absolute Gasteiger partial charge is 0.481 e. The molecule has 1 fully saturated rings. The number of aromatic nitrogens is 4. The summed E-state index contributed by atoms with van der Waals surface area (Å²) in [5.74, 6) is -0.877. The number of rotatable bonds is 10. The van der Waals surface area contributed by atoms with E-state index in [0.717, 1.165) is 0 Å². The molecule has 15 nitrogen and oxygen atoms in total. The van der Waals surface area contributed by atoms with E-state index in [-0.39, 0.29) is 18.7 Å². The van der Waals surface area contributed by atoms with Gasteiger partial charge in [0.1, 0.15) is 18.3 Å². The van der Waals surface area contributed by atoms with Crippen LogP contribution in [0.2, 0.25) is 0 Å². The fourth-order valence-electron chi connectivity index (χ4n) is 3.00. The SMILES string of the molecule is Nc1ncnc2c1[nH]c[n+]2[C@@H]1O[C@H](COP(=O)(O)OC[C@@H](N)CCC(=O)O)[C@@H](O)[C@H]1O. The van der Waals surface area contributed by atoms with Crippen molar-refractivity contribution in [1.82, 2.24) is 15.0 Å². The number of ether oxygens (including phenoxy) is 1. The number of hydrogen-bond donors (Lipinski definition) is 7. The molecule has 0 radical (unpaired) electrons. The number of H-pyrrole nitrogens is 1. The van der Waals surface area contributed by atoms with Crippen LogP contribution in [0.5, 0.6) is 0 Å². The summed E-state index contributed by atoms with van der Waals surface area (Å²) in [6, 6.07) is -0.785. The average molecular weight is 463 g/mol. The Bertz CT molecular complexity index is 974. The van der Waals surface area contributed by atoms with Crippen LogP contribution in [0.1, 0.15) is 19.1 Å². The van der Waals surface area contributed by atoms with Crippen LogP contribution < -0.4 is 16.0 Å². The van der Waals surface area contributed by atoms with Crippen molar-refractivity contribution in [2.45, 2.75) is 43.4 Å². The van der Waals surface area contributed by atoms with Gasteiger partial charge in [-0.05, 0) is 6.42 Å². The van der Waals surface area contributed by atoms with Crippen LogP contribution in [0.25, 0.3) is 11.2 Å². The van der Waals surface area contributed by atoms with Gasteiger partial charge in [-0.3, -0.25) is 18.8 Å². The molecule has 1 aliphatic heterocycles. The molecule has 6 atom stereocenters. The van der Waals surface area contributed by atoms with Crippen LogP contribution in [0.15, 0.2) is 12.7 Å². The van der Waals surface area contributed by atoms with E-state index in [2.05, 4.69) is 15.0 Å². The molecule has 0 aliphatic carbocycles. The summed E-state index contributed by atoms with van der Waals surface area (Å²) in [7, 11) is -4.57. The number of aromatic amines is 1. The summed E-state index contributed by atoms with van der Waals surface area (Å²) in [6.45, 7) is -0.986. The first kappa shape index (κ1) is 23.4. The minimum atomic E-state index is -4.57. The lowest BCUT2D eigenvalue weighted by Gasteiger charge is -2.18. The molecule has 3 heterocycles. The van der Waals surface area contributed by atoms with E-state index in [1.54, 1.807) is 0 Å². The molecule has 0 saturated carbocycles. The van der Waals surface area contributed by atoms with Crippen molar-refractivity contribution in [3.8, 4) is 0 Å². The monoisotopic (exact) mass is 463 g/mol. The minimum Gasteiger partial charge on any atom is -0.481 e. The lowest BCUT2D eigenvalue weighted by molar-refractivity contribution is -0.745. The third-order valence-corrected chi connectivity index (χ3v) is 5.59. The van der Waals surface area contributed by atoms with Gasteiger partial charge >= 0.3 is 19.4 Å². The Morgan fingerprint density at radius 2 is 2.10 bits per heavy atom. The zero-order valence-corrected chi connectivity index (χ0v) is 17.0. The number of nitrogens with zero attached hydrogens (tertiary/aromatic N) is 3. The van der Waals surface area contributed by atoms with Crippen molar-refractivity contribution in [2.24, 2.45) is 5.73 Å². The van der Waals surface area contributed by atoms with Crippen molar-refractivity contribution < 1.29 is 47.9 Å². The third-order valence-electron chi connectivity index (χ3n) is 4.64. The van der Waals surface area contributed by atoms with Crippen molar-refractivity contribution >= 4 is 30.8 Å². The number of carboxylic acid groups (broad SMARTS) is 1. The number of hydrogen-bond acceptors (Lipinski definition) is 11. The van der Waals surface area contributed by atoms with Gasteiger partial charge in [-0.25, -0.2) is 9.13 Å². The Morgan fingerprint density at radius 1 is 1.35 bits per heavy atom. The zero-order chi connectivity index (χ0) is 22.8. The summed E-state index contributed by atoms with van der Waals surface area (Å²) in [5.41, 5.74) is 12.1. The van der Waals surface area contributed by atoms with Gasteiger partial charge in [0.05, 0.1) is 13.2 Å². The molecule has 172 valence electrons. The van der Waals surface area contributed by atoms with Crippen molar-refractivity contribution in [2.75, 3.05) is 18.9 Å². The minimum absolute atomic E-state index is 0.0452. The molecular weight excluding hydrogens is 439 g/mol. The maximum Gasteiger partial charge on any atom is 0.472 e. The zero-order valence-electron chi connectivity index (χ0n) is 16.1. The molecule has 9 N–H and O–H groups in total. The Morgan fingerprint density at radius 3 is 2.81 bits per heavy atom. The number of aliphatic carboxylic acids is 1. The lowest BCUT2D eigenvalue weighted by Crippen LogP contribution is -2.45. The molecule has 0 aromatic carbocycles. The van der Waals surface area contributed by atoms with Crippen LogP contribution >= 0.6 is 7.82 Å². The number of nitrogens with one attached hydrogen (secondary N) is 1. The number of imidazole rings is 1. The number of phosphoric ester groups is 1. The fourth-order valence-corrected chi connectivity index (χ4v) is 3.79. The predicted octanol–water partition coefficient (Wildman–Crippen LogP) is -2.23.